The Labute approximate surface area is 112 Å². The fraction of sp³-hybridized carbons (Fsp3) is 0.267. The van der Waals surface area contributed by atoms with Gasteiger partial charge >= 0.3 is 0 Å². The van der Waals surface area contributed by atoms with Gasteiger partial charge in [0.1, 0.15) is 5.15 Å². The second-order valence-corrected chi connectivity index (χ2v) is 5.12. The Bertz CT molecular complexity index is 510. The highest BCUT2D eigenvalue weighted by Gasteiger charge is 2.37. The summed E-state index contributed by atoms with van der Waals surface area (Å²) in [5, 5.41) is 4.11. The van der Waals surface area contributed by atoms with E-state index in [1.54, 1.807) is 0 Å². The zero-order chi connectivity index (χ0) is 12.4. The van der Waals surface area contributed by atoms with E-state index >= 15 is 0 Å². The number of nitrogens with zero attached hydrogens (tertiary/aromatic N) is 1. The Hall–Kier alpha value is -1.38. The van der Waals surface area contributed by atoms with Crippen molar-refractivity contribution in [2.24, 2.45) is 0 Å². The van der Waals surface area contributed by atoms with Crippen LogP contribution in [0.1, 0.15) is 23.5 Å². The van der Waals surface area contributed by atoms with Gasteiger partial charge in [-0.05, 0) is 23.6 Å². The van der Waals surface area contributed by atoms with Gasteiger partial charge in [0.2, 0.25) is 0 Å². The molecular formula is C15H15ClN2. The first-order valence-electron chi connectivity index (χ1n) is 6.22. The van der Waals surface area contributed by atoms with Crippen molar-refractivity contribution >= 4 is 11.6 Å². The molecular weight excluding hydrogens is 244 g/mol. The fourth-order valence-electron chi connectivity index (χ4n) is 2.25. The molecule has 1 aromatic heterocycles. The van der Waals surface area contributed by atoms with Gasteiger partial charge < -0.3 is 5.32 Å². The molecule has 1 heterocycles. The fourth-order valence-corrected chi connectivity index (χ4v) is 2.36. The summed E-state index contributed by atoms with van der Waals surface area (Å²) in [6, 6.07) is 15.1. The normalized spacial score (nSPS) is 21.8. The van der Waals surface area contributed by atoms with E-state index < -0.39 is 0 Å². The number of halogens is 1. The maximum atomic E-state index is 5.76. The van der Waals surface area contributed by atoms with Crippen LogP contribution in [0, 0.1) is 0 Å². The van der Waals surface area contributed by atoms with E-state index in [4.69, 9.17) is 11.6 Å². The Morgan fingerprint density at radius 2 is 2.00 bits per heavy atom. The van der Waals surface area contributed by atoms with Crippen LogP contribution in [0.15, 0.2) is 48.7 Å². The summed E-state index contributed by atoms with van der Waals surface area (Å²) >= 11 is 5.76. The monoisotopic (exact) mass is 258 g/mol. The molecule has 2 aromatic rings. The summed E-state index contributed by atoms with van der Waals surface area (Å²) in [5.41, 5.74) is 2.61. The Morgan fingerprint density at radius 3 is 2.72 bits per heavy atom. The third kappa shape index (κ3) is 2.71. The second kappa shape index (κ2) is 5.09. The SMILES string of the molecule is Clc1ccc(CN[C@@H]2C[C@H]2c2ccccc2)cn1. The highest BCUT2D eigenvalue weighted by atomic mass is 35.5. The molecule has 1 fully saturated rings. The maximum absolute atomic E-state index is 5.76. The molecule has 3 heteroatoms. The third-order valence-electron chi connectivity index (χ3n) is 3.38. The van der Waals surface area contributed by atoms with Gasteiger partial charge in [-0.15, -0.1) is 0 Å². The summed E-state index contributed by atoms with van der Waals surface area (Å²) in [4.78, 5) is 4.08. The van der Waals surface area contributed by atoms with Crippen LogP contribution in [0.2, 0.25) is 5.15 Å². The van der Waals surface area contributed by atoms with Crippen LogP contribution >= 0.6 is 11.6 Å². The topological polar surface area (TPSA) is 24.9 Å². The first kappa shape index (κ1) is 11.7. The molecule has 0 radical (unpaired) electrons. The zero-order valence-corrected chi connectivity index (χ0v) is 10.8. The predicted octanol–water partition coefficient (Wildman–Crippen LogP) is 3.38. The lowest BCUT2D eigenvalue weighted by Gasteiger charge is -2.04. The van der Waals surface area contributed by atoms with Crippen molar-refractivity contribution in [2.45, 2.75) is 24.9 Å². The molecule has 0 unspecified atom stereocenters. The number of nitrogens with one attached hydrogen (secondary N) is 1. The van der Waals surface area contributed by atoms with Crippen LogP contribution in [0.5, 0.6) is 0 Å². The van der Waals surface area contributed by atoms with E-state index in [2.05, 4.69) is 40.6 Å². The van der Waals surface area contributed by atoms with Crippen molar-refractivity contribution in [1.82, 2.24) is 10.3 Å². The van der Waals surface area contributed by atoms with Gasteiger partial charge in [0.25, 0.3) is 0 Å². The molecule has 1 saturated carbocycles. The molecule has 2 atom stereocenters. The number of benzene rings is 1. The minimum atomic E-state index is 0.548. The van der Waals surface area contributed by atoms with Crippen molar-refractivity contribution in [2.75, 3.05) is 0 Å². The van der Waals surface area contributed by atoms with Gasteiger partial charge in [0, 0.05) is 24.7 Å². The van der Waals surface area contributed by atoms with Gasteiger partial charge in [0.15, 0.2) is 0 Å². The molecule has 2 nitrogen and oxygen atoms in total. The van der Waals surface area contributed by atoms with Crippen LogP contribution in [-0.4, -0.2) is 11.0 Å². The first-order valence-corrected chi connectivity index (χ1v) is 6.59. The standard InChI is InChI=1S/C15H15ClN2/c16-15-7-6-11(10-18-15)9-17-14-8-13(14)12-4-2-1-3-5-12/h1-7,10,13-14,17H,8-9H2/t13-,14+/m0/s1. The number of hydrogen-bond donors (Lipinski definition) is 1. The van der Waals surface area contributed by atoms with E-state index in [1.165, 1.54) is 17.5 Å². The van der Waals surface area contributed by atoms with Gasteiger partial charge in [0.05, 0.1) is 0 Å². The maximum Gasteiger partial charge on any atom is 0.129 e. The zero-order valence-electron chi connectivity index (χ0n) is 10.0. The highest BCUT2D eigenvalue weighted by molar-refractivity contribution is 6.29. The number of aromatic nitrogens is 1. The molecule has 92 valence electrons. The molecule has 0 spiro atoms. The lowest BCUT2D eigenvalue weighted by molar-refractivity contribution is 0.671. The van der Waals surface area contributed by atoms with Crippen LogP contribution in [-0.2, 0) is 6.54 Å². The molecule has 0 bridgehead atoms. The van der Waals surface area contributed by atoms with Gasteiger partial charge in [-0.3, -0.25) is 0 Å². The lowest BCUT2D eigenvalue weighted by atomic mass is 10.1. The van der Waals surface area contributed by atoms with Crippen LogP contribution in [0.3, 0.4) is 0 Å². The van der Waals surface area contributed by atoms with Gasteiger partial charge in [-0.25, -0.2) is 4.98 Å². The molecule has 0 amide bonds. The smallest absolute Gasteiger partial charge is 0.129 e. The number of rotatable bonds is 4. The highest BCUT2D eigenvalue weighted by Crippen LogP contribution is 2.40. The predicted molar refractivity (Wildman–Crippen MR) is 73.7 cm³/mol. The molecule has 3 rings (SSSR count). The van der Waals surface area contributed by atoms with E-state index in [-0.39, 0.29) is 0 Å². The molecule has 0 saturated heterocycles. The Balaban J connectivity index is 1.53. The molecule has 1 N–H and O–H groups in total. The van der Waals surface area contributed by atoms with Crippen molar-refractivity contribution in [3.8, 4) is 0 Å². The summed E-state index contributed by atoms with van der Waals surface area (Å²) in [6.07, 6.45) is 3.06. The van der Waals surface area contributed by atoms with E-state index in [0.29, 0.717) is 17.1 Å². The van der Waals surface area contributed by atoms with E-state index in [0.717, 1.165) is 6.54 Å². The van der Waals surface area contributed by atoms with Gasteiger partial charge in [-0.1, -0.05) is 48.0 Å². The summed E-state index contributed by atoms with van der Waals surface area (Å²) < 4.78 is 0. The molecule has 18 heavy (non-hydrogen) atoms. The van der Waals surface area contributed by atoms with E-state index in [9.17, 15) is 0 Å². The Kier molecular flexibility index (Phi) is 3.31. The second-order valence-electron chi connectivity index (χ2n) is 4.73. The first-order chi connectivity index (χ1) is 8.83. The molecule has 0 aliphatic heterocycles. The number of pyridine rings is 1. The Morgan fingerprint density at radius 1 is 1.17 bits per heavy atom. The van der Waals surface area contributed by atoms with Gasteiger partial charge in [-0.2, -0.15) is 0 Å². The summed E-state index contributed by atoms with van der Waals surface area (Å²) in [7, 11) is 0. The van der Waals surface area contributed by atoms with Crippen LogP contribution in [0.4, 0.5) is 0 Å². The summed E-state index contributed by atoms with van der Waals surface area (Å²) in [6.45, 7) is 0.859. The molecule has 1 aliphatic carbocycles. The van der Waals surface area contributed by atoms with Crippen molar-refractivity contribution in [1.29, 1.82) is 0 Å². The lowest BCUT2D eigenvalue weighted by Crippen LogP contribution is -2.17. The quantitative estimate of drug-likeness (QED) is 0.851. The number of hydrogen-bond acceptors (Lipinski definition) is 2. The largest absolute Gasteiger partial charge is 0.309 e. The van der Waals surface area contributed by atoms with Crippen molar-refractivity contribution in [3.63, 3.8) is 0 Å². The summed E-state index contributed by atoms with van der Waals surface area (Å²) in [5.74, 6) is 0.673. The van der Waals surface area contributed by atoms with Crippen LogP contribution in [0.25, 0.3) is 0 Å². The van der Waals surface area contributed by atoms with Crippen molar-refractivity contribution in [3.05, 3.63) is 64.9 Å². The van der Waals surface area contributed by atoms with Crippen molar-refractivity contribution < 1.29 is 0 Å². The van der Waals surface area contributed by atoms with Crippen LogP contribution < -0.4 is 5.32 Å². The molecule has 1 aliphatic rings. The third-order valence-corrected chi connectivity index (χ3v) is 3.60. The minimum absolute atomic E-state index is 0.548. The average Bonchev–Trinajstić information content (AvgIpc) is 3.19. The van der Waals surface area contributed by atoms with E-state index in [1.807, 2.05) is 18.3 Å². The molecule has 1 aromatic carbocycles. The minimum Gasteiger partial charge on any atom is -0.309 e. The average molecular weight is 259 g/mol.